The first-order chi connectivity index (χ1) is 6.45. The summed E-state index contributed by atoms with van der Waals surface area (Å²) in [5, 5.41) is 1.44. The van der Waals surface area contributed by atoms with Crippen LogP contribution in [0, 0.1) is 0 Å². The van der Waals surface area contributed by atoms with Gasteiger partial charge in [-0.25, -0.2) is 13.2 Å². The van der Waals surface area contributed by atoms with Crippen molar-refractivity contribution in [2.45, 2.75) is 4.21 Å². The van der Waals surface area contributed by atoms with Gasteiger partial charge in [0.1, 0.15) is 0 Å². The second-order valence-corrected chi connectivity index (χ2v) is 5.74. The zero-order valence-electron chi connectivity index (χ0n) is 6.89. The Morgan fingerprint density at radius 3 is 2.71 bits per heavy atom. The van der Waals surface area contributed by atoms with Crippen LogP contribution in [0.15, 0.2) is 15.7 Å². The van der Waals surface area contributed by atoms with E-state index in [2.05, 4.69) is 9.47 Å². The highest BCUT2D eigenvalue weighted by molar-refractivity contribution is 8.15. The molecule has 0 bridgehead atoms. The van der Waals surface area contributed by atoms with Crippen LogP contribution >= 0.6 is 22.0 Å². The summed E-state index contributed by atoms with van der Waals surface area (Å²) in [6.07, 6.45) is -0.995. The smallest absolute Gasteiger partial charge is 0.437 e. The Balaban J connectivity index is 3.00. The van der Waals surface area contributed by atoms with Crippen molar-refractivity contribution in [3.05, 3.63) is 11.4 Å². The number of methoxy groups -OCH3 is 1. The van der Waals surface area contributed by atoms with Gasteiger partial charge in [0.15, 0.2) is 9.96 Å². The van der Waals surface area contributed by atoms with E-state index in [-0.39, 0.29) is 9.96 Å². The van der Waals surface area contributed by atoms with Crippen LogP contribution in [0.1, 0.15) is 0 Å². The predicted molar refractivity (Wildman–Crippen MR) is 50.4 cm³/mol. The number of hydrogen-bond donors (Lipinski definition) is 0. The van der Waals surface area contributed by atoms with Crippen molar-refractivity contribution in [2.24, 2.45) is 0 Å². The van der Waals surface area contributed by atoms with Gasteiger partial charge in [-0.1, -0.05) is 0 Å². The fraction of sp³-hybridized carbons (Fsp3) is 0.167. The van der Waals surface area contributed by atoms with E-state index in [1.807, 2.05) is 0 Å². The molecule has 0 unspecified atom stereocenters. The maximum Gasteiger partial charge on any atom is 0.513 e. The third-order valence-electron chi connectivity index (χ3n) is 1.18. The lowest BCUT2D eigenvalue weighted by Gasteiger charge is -2.00. The molecule has 0 radical (unpaired) electrons. The first kappa shape index (κ1) is 11.3. The Bertz CT molecular complexity index is 435. The molecule has 0 N–H and O–H groups in total. The largest absolute Gasteiger partial charge is 0.513 e. The summed E-state index contributed by atoms with van der Waals surface area (Å²) in [6, 6.07) is 1.32. The van der Waals surface area contributed by atoms with Gasteiger partial charge in [-0.3, -0.25) is 0 Å². The summed E-state index contributed by atoms with van der Waals surface area (Å²) < 4.78 is 30.4. The van der Waals surface area contributed by atoms with Crippen LogP contribution in [0.5, 0.6) is 5.75 Å². The normalized spacial score (nSPS) is 11.0. The molecule has 1 rings (SSSR count). The highest BCUT2D eigenvalue weighted by Gasteiger charge is 2.20. The van der Waals surface area contributed by atoms with Crippen LogP contribution in [0.2, 0.25) is 0 Å². The van der Waals surface area contributed by atoms with E-state index in [4.69, 9.17) is 10.7 Å². The van der Waals surface area contributed by atoms with Crippen molar-refractivity contribution >= 4 is 37.2 Å². The first-order valence-electron chi connectivity index (χ1n) is 3.23. The number of hydrogen-bond acceptors (Lipinski definition) is 6. The Morgan fingerprint density at radius 2 is 2.21 bits per heavy atom. The lowest BCUT2D eigenvalue weighted by atomic mass is 10.6. The van der Waals surface area contributed by atoms with E-state index in [1.54, 1.807) is 0 Å². The standard InChI is InChI=1S/C6H5ClO5S2/c1-11-6(8)12-4-2-3-13-5(4)14(7,9)10/h2-3H,1H3. The van der Waals surface area contributed by atoms with E-state index >= 15 is 0 Å². The van der Waals surface area contributed by atoms with Crippen LogP contribution in [0.4, 0.5) is 4.79 Å². The van der Waals surface area contributed by atoms with Gasteiger partial charge in [0, 0.05) is 10.7 Å². The van der Waals surface area contributed by atoms with Crippen LogP contribution in [-0.2, 0) is 13.8 Å². The van der Waals surface area contributed by atoms with E-state index in [0.717, 1.165) is 18.4 Å². The predicted octanol–water partition coefficient (Wildman–Crippen LogP) is 1.82. The molecule has 0 aliphatic heterocycles. The lowest BCUT2D eigenvalue weighted by Crippen LogP contribution is -2.08. The molecular formula is C6H5ClO5S2. The molecule has 78 valence electrons. The second kappa shape index (κ2) is 4.16. The lowest BCUT2D eigenvalue weighted by molar-refractivity contribution is 0.120. The molecule has 1 aromatic heterocycles. The van der Waals surface area contributed by atoms with Crippen molar-refractivity contribution < 1.29 is 22.7 Å². The molecule has 14 heavy (non-hydrogen) atoms. The third kappa shape index (κ3) is 2.60. The minimum atomic E-state index is -3.89. The van der Waals surface area contributed by atoms with Crippen LogP contribution in [0.25, 0.3) is 0 Å². The SMILES string of the molecule is COC(=O)Oc1ccsc1S(=O)(=O)Cl. The maximum absolute atomic E-state index is 10.9. The van der Waals surface area contributed by atoms with Gasteiger partial charge in [0.2, 0.25) is 0 Å². The Kier molecular flexibility index (Phi) is 3.35. The highest BCUT2D eigenvalue weighted by atomic mass is 35.7. The Labute approximate surface area is 88.6 Å². The second-order valence-electron chi connectivity index (χ2n) is 2.07. The van der Waals surface area contributed by atoms with E-state index < -0.39 is 15.2 Å². The van der Waals surface area contributed by atoms with Gasteiger partial charge < -0.3 is 9.47 Å². The van der Waals surface area contributed by atoms with Crippen molar-refractivity contribution in [1.82, 2.24) is 0 Å². The summed E-state index contributed by atoms with van der Waals surface area (Å²) in [5.41, 5.74) is 0. The Hall–Kier alpha value is -0.790. The molecule has 1 heterocycles. The molecule has 0 saturated heterocycles. The average molecular weight is 257 g/mol. The molecule has 0 spiro atoms. The van der Waals surface area contributed by atoms with Crippen LogP contribution < -0.4 is 4.74 Å². The minimum absolute atomic E-state index is 0.128. The summed E-state index contributed by atoms with van der Waals surface area (Å²) >= 11 is 0.856. The highest BCUT2D eigenvalue weighted by Crippen LogP contribution is 2.32. The number of ether oxygens (including phenoxy) is 2. The summed E-state index contributed by atoms with van der Waals surface area (Å²) in [4.78, 5) is 10.7. The van der Waals surface area contributed by atoms with Gasteiger partial charge in [-0.05, 0) is 11.4 Å². The average Bonchev–Trinajstić information content (AvgIpc) is 2.51. The molecular weight excluding hydrogens is 252 g/mol. The zero-order valence-corrected chi connectivity index (χ0v) is 9.28. The van der Waals surface area contributed by atoms with E-state index in [9.17, 15) is 13.2 Å². The molecule has 1 aromatic rings. The monoisotopic (exact) mass is 256 g/mol. The summed E-state index contributed by atoms with van der Waals surface area (Å²) in [7, 11) is 2.31. The summed E-state index contributed by atoms with van der Waals surface area (Å²) in [5.74, 6) is -0.128. The molecule has 0 atom stereocenters. The van der Waals surface area contributed by atoms with Crippen molar-refractivity contribution in [3.8, 4) is 5.75 Å². The quantitative estimate of drug-likeness (QED) is 0.596. The Morgan fingerprint density at radius 1 is 1.57 bits per heavy atom. The molecule has 0 saturated carbocycles. The molecule has 0 aliphatic carbocycles. The number of carbonyl (C=O) groups is 1. The fourth-order valence-corrected chi connectivity index (χ4v) is 2.74. The van der Waals surface area contributed by atoms with Gasteiger partial charge in [0.25, 0.3) is 9.05 Å². The number of thiophene rings is 1. The minimum Gasteiger partial charge on any atom is -0.437 e. The topological polar surface area (TPSA) is 69.7 Å². The van der Waals surface area contributed by atoms with Crippen molar-refractivity contribution in [1.29, 1.82) is 0 Å². The molecule has 8 heteroatoms. The third-order valence-corrected chi connectivity index (χ3v) is 4.19. The number of carbonyl (C=O) groups excluding carboxylic acids is 1. The van der Waals surface area contributed by atoms with Crippen LogP contribution in [-0.4, -0.2) is 21.7 Å². The van der Waals surface area contributed by atoms with Gasteiger partial charge in [-0.2, -0.15) is 0 Å². The fourth-order valence-electron chi connectivity index (χ4n) is 0.668. The van der Waals surface area contributed by atoms with Crippen LogP contribution in [0.3, 0.4) is 0 Å². The van der Waals surface area contributed by atoms with E-state index in [0.29, 0.717) is 0 Å². The molecule has 0 aromatic carbocycles. The zero-order chi connectivity index (χ0) is 10.8. The molecule has 0 amide bonds. The molecule has 0 aliphatic rings. The van der Waals surface area contributed by atoms with Crippen molar-refractivity contribution in [2.75, 3.05) is 7.11 Å². The van der Waals surface area contributed by atoms with E-state index in [1.165, 1.54) is 11.4 Å². The van der Waals surface area contributed by atoms with Gasteiger partial charge in [0.05, 0.1) is 7.11 Å². The summed E-state index contributed by atoms with van der Waals surface area (Å²) in [6.45, 7) is 0. The molecule has 5 nitrogen and oxygen atoms in total. The molecule has 0 fully saturated rings. The van der Waals surface area contributed by atoms with Gasteiger partial charge in [-0.15, -0.1) is 11.3 Å². The van der Waals surface area contributed by atoms with Gasteiger partial charge >= 0.3 is 6.16 Å². The number of rotatable bonds is 2. The first-order valence-corrected chi connectivity index (χ1v) is 6.42. The maximum atomic E-state index is 10.9. The number of halogens is 1. The van der Waals surface area contributed by atoms with Crippen molar-refractivity contribution in [3.63, 3.8) is 0 Å².